The summed E-state index contributed by atoms with van der Waals surface area (Å²) in [6, 6.07) is 17.7. The first-order valence-corrected chi connectivity index (χ1v) is 12.3. The molecule has 1 heterocycles. The highest BCUT2D eigenvalue weighted by Crippen LogP contribution is 2.31. The molecule has 1 aromatic heterocycles. The molecule has 4 aromatic rings. The van der Waals surface area contributed by atoms with Crippen LogP contribution in [0.25, 0.3) is 10.9 Å². The molecule has 36 heavy (non-hydrogen) atoms. The zero-order chi connectivity index (χ0) is 25.8. The number of aryl methyl sites for hydroxylation is 1. The van der Waals surface area contributed by atoms with Crippen LogP contribution in [0.2, 0.25) is 0 Å². The van der Waals surface area contributed by atoms with E-state index in [9.17, 15) is 14.9 Å². The third-order valence-corrected chi connectivity index (χ3v) is 6.38. The van der Waals surface area contributed by atoms with Gasteiger partial charge in [0, 0.05) is 22.0 Å². The van der Waals surface area contributed by atoms with Gasteiger partial charge in [-0.1, -0.05) is 65.7 Å². The minimum atomic E-state index is -0.491. The van der Waals surface area contributed by atoms with Crippen LogP contribution in [0, 0.1) is 17.0 Å². The number of hydrogen-bond acceptors (Lipinski definition) is 6. The first-order valence-electron chi connectivity index (χ1n) is 11.5. The van der Waals surface area contributed by atoms with Crippen LogP contribution in [0.15, 0.2) is 75.0 Å². The van der Waals surface area contributed by atoms with Crippen LogP contribution in [0.5, 0.6) is 5.75 Å². The second-order valence-corrected chi connectivity index (χ2v) is 9.45. The second-order valence-electron chi connectivity index (χ2n) is 8.53. The molecule has 0 saturated carbocycles. The number of halogens is 1. The Labute approximate surface area is 216 Å². The van der Waals surface area contributed by atoms with Crippen molar-refractivity contribution in [3.05, 3.63) is 108 Å². The van der Waals surface area contributed by atoms with E-state index in [-0.39, 0.29) is 29.5 Å². The molecule has 0 saturated heterocycles. The van der Waals surface area contributed by atoms with Crippen molar-refractivity contribution in [3.63, 3.8) is 0 Å². The lowest BCUT2D eigenvalue weighted by atomic mass is 10.1. The quantitative estimate of drug-likeness (QED) is 0.145. The fourth-order valence-corrected chi connectivity index (χ4v) is 4.16. The number of ether oxygens (including phenoxy) is 1. The number of para-hydroxylation sites is 1. The van der Waals surface area contributed by atoms with Gasteiger partial charge in [0.05, 0.1) is 22.0 Å². The fraction of sp³-hybridized carbons (Fsp3) is 0.222. The highest BCUT2D eigenvalue weighted by Gasteiger charge is 2.20. The maximum atomic E-state index is 13.4. The number of benzene rings is 3. The Balaban J connectivity index is 1.80. The number of nitro benzene ring substituents is 1. The first-order chi connectivity index (χ1) is 17.3. The lowest BCUT2D eigenvalue weighted by Gasteiger charge is -2.14. The number of nitrogens with zero attached hydrogens (tertiary/aromatic N) is 4. The normalized spacial score (nSPS) is 12.2. The van der Waals surface area contributed by atoms with Crippen molar-refractivity contribution in [1.29, 1.82) is 0 Å². The average molecular weight is 549 g/mol. The van der Waals surface area contributed by atoms with E-state index < -0.39 is 4.92 Å². The number of nitro groups is 1. The number of aromatic nitrogens is 2. The zero-order valence-electron chi connectivity index (χ0n) is 20.1. The summed E-state index contributed by atoms with van der Waals surface area (Å²) in [5, 5.41) is 16.6. The lowest BCUT2D eigenvalue weighted by molar-refractivity contribution is -0.385. The summed E-state index contributed by atoms with van der Waals surface area (Å²) in [6.45, 7) is 6.10. The zero-order valence-corrected chi connectivity index (χ0v) is 21.7. The molecule has 0 N–H and O–H groups in total. The van der Waals surface area contributed by atoms with E-state index in [0.29, 0.717) is 22.3 Å². The molecule has 0 unspecified atom stereocenters. The molecule has 0 amide bonds. The highest BCUT2D eigenvalue weighted by molar-refractivity contribution is 9.10. The van der Waals surface area contributed by atoms with Gasteiger partial charge in [-0.3, -0.25) is 14.9 Å². The summed E-state index contributed by atoms with van der Waals surface area (Å²) >= 11 is 3.41. The molecule has 0 aliphatic rings. The van der Waals surface area contributed by atoms with E-state index in [4.69, 9.17) is 9.72 Å². The summed E-state index contributed by atoms with van der Waals surface area (Å²) in [7, 11) is 0. The Morgan fingerprint density at radius 2 is 1.97 bits per heavy atom. The smallest absolute Gasteiger partial charge is 0.311 e. The van der Waals surface area contributed by atoms with E-state index in [2.05, 4.69) is 21.0 Å². The third-order valence-electron chi connectivity index (χ3n) is 5.89. The van der Waals surface area contributed by atoms with E-state index in [0.717, 1.165) is 22.0 Å². The molecule has 8 nitrogen and oxygen atoms in total. The molecule has 4 rings (SSSR count). The molecule has 184 valence electrons. The standard InChI is InChI=1S/C27H25BrN4O4/c1-4-18(3)26-30-23-12-11-21(28)14-22(23)27(33)31(26)29-15-20-9-6-10-24(32(34)35)25(20)36-16-19-8-5-7-17(2)13-19/h5-15,18H,4,16H2,1-3H3/t18-/m1/s1. The predicted octanol–water partition coefficient (Wildman–Crippen LogP) is 6.35. The van der Waals surface area contributed by atoms with E-state index in [1.807, 2.05) is 51.1 Å². The van der Waals surface area contributed by atoms with Gasteiger partial charge in [-0.15, -0.1) is 0 Å². The largest absolute Gasteiger partial charge is 0.481 e. The van der Waals surface area contributed by atoms with Gasteiger partial charge in [-0.25, -0.2) is 4.98 Å². The van der Waals surface area contributed by atoms with E-state index in [1.165, 1.54) is 17.0 Å². The predicted molar refractivity (Wildman–Crippen MR) is 144 cm³/mol. The van der Waals surface area contributed by atoms with E-state index >= 15 is 0 Å². The minimum Gasteiger partial charge on any atom is -0.481 e. The Morgan fingerprint density at radius 1 is 1.19 bits per heavy atom. The van der Waals surface area contributed by atoms with Crippen LogP contribution >= 0.6 is 15.9 Å². The van der Waals surface area contributed by atoms with Crippen LogP contribution in [0.1, 0.15) is 48.7 Å². The summed E-state index contributed by atoms with van der Waals surface area (Å²) in [5.74, 6) is 0.564. The van der Waals surface area contributed by atoms with Gasteiger partial charge in [0.25, 0.3) is 5.56 Å². The van der Waals surface area contributed by atoms with Gasteiger partial charge < -0.3 is 4.74 Å². The van der Waals surface area contributed by atoms with Crippen LogP contribution in [-0.4, -0.2) is 20.8 Å². The first kappa shape index (κ1) is 25.2. The summed E-state index contributed by atoms with van der Waals surface area (Å²) in [6.07, 6.45) is 2.17. The van der Waals surface area contributed by atoms with Gasteiger partial charge >= 0.3 is 5.69 Å². The van der Waals surface area contributed by atoms with E-state index in [1.54, 1.807) is 24.3 Å². The lowest BCUT2D eigenvalue weighted by Crippen LogP contribution is -2.23. The molecule has 0 aliphatic heterocycles. The molecule has 0 radical (unpaired) electrons. The summed E-state index contributed by atoms with van der Waals surface area (Å²) in [4.78, 5) is 29.3. The molecule has 0 spiro atoms. The summed E-state index contributed by atoms with van der Waals surface area (Å²) < 4.78 is 7.96. The summed E-state index contributed by atoms with van der Waals surface area (Å²) in [5.41, 5.74) is 2.42. The average Bonchev–Trinajstić information content (AvgIpc) is 2.86. The van der Waals surface area contributed by atoms with Crippen molar-refractivity contribution < 1.29 is 9.66 Å². The molecule has 1 atom stereocenters. The number of hydrogen-bond donors (Lipinski definition) is 0. The highest BCUT2D eigenvalue weighted by atomic mass is 79.9. The molecule has 9 heteroatoms. The number of fused-ring (bicyclic) bond motifs is 1. The van der Waals surface area contributed by atoms with Crippen molar-refractivity contribution in [2.24, 2.45) is 5.10 Å². The molecule has 3 aromatic carbocycles. The van der Waals surface area contributed by atoms with Crippen molar-refractivity contribution in [2.45, 2.75) is 39.7 Å². The van der Waals surface area contributed by atoms with Crippen LogP contribution in [0.3, 0.4) is 0 Å². The Bertz CT molecular complexity index is 1530. The molecule has 0 bridgehead atoms. The van der Waals surface area contributed by atoms with Crippen molar-refractivity contribution in [3.8, 4) is 5.75 Å². The molecular formula is C27H25BrN4O4. The Hall–Kier alpha value is -3.85. The van der Waals surface area contributed by atoms with Gasteiger partial charge in [0.15, 0.2) is 0 Å². The van der Waals surface area contributed by atoms with Gasteiger partial charge in [-0.2, -0.15) is 9.78 Å². The van der Waals surface area contributed by atoms with Crippen molar-refractivity contribution in [2.75, 3.05) is 0 Å². The topological polar surface area (TPSA) is 99.6 Å². The maximum absolute atomic E-state index is 13.4. The molecule has 0 fully saturated rings. The SMILES string of the molecule is CC[C@@H](C)c1nc2ccc(Br)cc2c(=O)n1N=Cc1cccc([N+](=O)[O-])c1OCc1cccc(C)c1. The van der Waals surface area contributed by atoms with Crippen LogP contribution < -0.4 is 10.3 Å². The minimum absolute atomic E-state index is 0.0370. The van der Waals surface area contributed by atoms with Crippen molar-refractivity contribution >= 4 is 38.7 Å². The monoisotopic (exact) mass is 548 g/mol. The Kier molecular flexibility index (Phi) is 7.59. The fourth-order valence-electron chi connectivity index (χ4n) is 3.80. The van der Waals surface area contributed by atoms with Gasteiger partial charge in [0.1, 0.15) is 12.4 Å². The number of rotatable bonds is 8. The van der Waals surface area contributed by atoms with Crippen LogP contribution in [-0.2, 0) is 6.61 Å². The maximum Gasteiger partial charge on any atom is 0.311 e. The van der Waals surface area contributed by atoms with Gasteiger partial charge in [-0.05, 0) is 43.2 Å². The van der Waals surface area contributed by atoms with Crippen molar-refractivity contribution in [1.82, 2.24) is 9.66 Å². The van der Waals surface area contributed by atoms with Crippen LogP contribution in [0.4, 0.5) is 5.69 Å². The van der Waals surface area contributed by atoms with Gasteiger partial charge in [0.2, 0.25) is 5.75 Å². The molecule has 0 aliphatic carbocycles. The Morgan fingerprint density at radius 3 is 2.69 bits per heavy atom. The third kappa shape index (κ3) is 5.36. The molecular weight excluding hydrogens is 524 g/mol. The second kappa shape index (κ2) is 10.8.